The van der Waals surface area contributed by atoms with Gasteiger partial charge in [-0.2, -0.15) is 0 Å². The van der Waals surface area contributed by atoms with Crippen molar-refractivity contribution in [1.82, 2.24) is 10.6 Å². The van der Waals surface area contributed by atoms with E-state index < -0.39 is 11.9 Å². The van der Waals surface area contributed by atoms with Gasteiger partial charge in [0, 0.05) is 12.0 Å². The van der Waals surface area contributed by atoms with Crippen molar-refractivity contribution in [2.24, 2.45) is 0 Å². The summed E-state index contributed by atoms with van der Waals surface area (Å²) in [5.41, 5.74) is 0.508. The van der Waals surface area contributed by atoms with E-state index in [1.54, 1.807) is 18.2 Å². The fourth-order valence-electron chi connectivity index (χ4n) is 1.80. The average Bonchev–Trinajstić information content (AvgIpc) is 2.61. The molecule has 2 rings (SSSR count). The van der Waals surface area contributed by atoms with Crippen molar-refractivity contribution in [2.45, 2.75) is 25.3 Å². The molecule has 1 unspecified atom stereocenters. The third-order valence-corrected chi connectivity index (χ3v) is 2.79. The van der Waals surface area contributed by atoms with Crippen LogP contribution < -0.4 is 10.6 Å². The van der Waals surface area contributed by atoms with Gasteiger partial charge in [0.25, 0.3) is 5.91 Å². The van der Waals surface area contributed by atoms with Crippen LogP contribution in [-0.4, -0.2) is 23.8 Å². The van der Waals surface area contributed by atoms with Crippen LogP contribution in [0.3, 0.4) is 0 Å². The monoisotopic (exact) mass is 246 g/mol. The molecule has 0 bridgehead atoms. The van der Waals surface area contributed by atoms with E-state index in [1.807, 2.05) is 12.2 Å². The Morgan fingerprint density at radius 1 is 1.33 bits per heavy atom. The van der Waals surface area contributed by atoms with Gasteiger partial charge in [0.1, 0.15) is 6.04 Å². The second kappa shape index (κ2) is 5.44. The van der Waals surface area contributed by atoms with Crippen LogP contribution >= 0.6 is 0 Å². The molecule has 5 nitrogen and oxygen atoms in total. The summed E-state index contributed by atoms with van der Waals surface area (Å²) in [5, 5.41) is 4.84. The zero-order valence-electron chi connectivity index (χ0n) is 9.81. The smallest absolute Gasteiger partial charge is 0.251 e. The molecule has 0 spiro atoms. The maximum atomic E-state index is 11.9. The molecular formula is C13H14N2O3. The number of carbonyl (C=O) groups is 3. The molecule has 1 aliphatic heterocycles. The summed E-state index contributed by atoms with van der Waals surface area (Å²) < 4.78 is 0. The molecule has 1 aliphatic carbocycles. The number of hydrogen-bond acceptors (Lipinski definition) is 3. The summed E-state index contributed by atoms with van der Waals surface area (Å²) in [5.74, 6) is -1.03. The average molecular weight is 246 g/mol. The highest BCUT2D eigenvalue weighted by Crippen LogP contribution is 2.08. The Morgan fingerprint density at radius 2 is 2.17 bits per heavy atom. The first-order chi connectivity index (χ1) is 8.66. The Balaban J connectivity index is 1.99. The highest BCUT2D eigenvalue weighted by atomic mass is 16.2. The molecule has 0 saturated carbocycles. The standard InChI is InChI=1S/C13H14N2O3/c16-11-8-7-10(13(18)15-11)14-12(17)9-5-3-1-2-4-6-9/h1,3-6,10H,2,7-8H2,(H,14,17)(H,15,16,18). The summed E-state index contributed by atoms with van der Waals surface area (Å²) >= 11 is 0. The van der Waals surface area contributed by atoms with E-state index in [1.165, 1.54) is 0 Å². The zero-order chi connectivity index (χ0) is 13.0. The van der Waals surface area contributed by atoms with Crippen molar-refractivity contribution in [3.8, 4) is 0 Å². The predicted octanol–water partition coefficient (Wildman–Crippen LogP) is 0.350. The SMILES string of the molecule is O=C1CCC(NC(=O)C2=CC=CCC=C2)C(=O)N1. The molecule has 0 aromatic rings. The van der Waals surface area contributed by atoms with E-state index >= 15 is 0 Å². The molecule has 0 aromatic heterocycles. The van der Waals surface area contributed by atoms with E-state index in [4.69, 9.17) is 0 Å². The first-order valence-corrected chi connectivity index (χ1v) is 5.85. The van der Waals surface area contributed by atoms with Crippen LogP contribution in [0, 0.1) is 0 Å². The summed E-state index contributed by atoms with van der Waals surface area (Å²) in [6.07, 6.45) is 10.4. The zero-order valence-corrected chi connectivity index (χ0v) is 9.81. The number of hydrogen-bond donors (Lipinski definition) is 2. The highest BCUT2D eigenvalue weighted by Gasteiger charge is 2.28. The van der Waals surface area contributed by atoms with E-state index in [0.29, 0.717) is 12.0 Å². The van der Waals surface area contributed by atoms with Crippen LogP contribution in [-0.2, 0) is 14.4 Å². The molecule has 3 amide bonds. The number of carbonyl (C=O) groups excluding carboxylic acids is 3. The highest BCUT2D eigenvalue weighted by molar-refractivity contribution is 6.04. The van der Waals surface area contributed by atoms with Crippen LogP contribution in [0.2, 0.25) is 0 Å². The Hall–Kier alpha value is -2.17. The molecule has 94 valence electrons. The summed E-state index contributed by atoms with van der Waals surface area (Å²) in [4.78, 5) is 34.4. The van der Waals surface area contributed by atoms with Gasteiger partial charge in [-0.25, -0.2) is 0 Å². The van der Waals surface area contributed by atoms with Crippen molar-refractivity contribution >= 4 is 17.7 Å². The fourth-order valence-corrected chi connectivity index (χ4v) is 1.80. The number of allylic oxidation sites excluding steroid dienone is 4. The van der Waals surface area contributed by atoms with Gasteiger partial charge in [-0.15, -0.1) is 0 Å². The molecular weight excluding hydrogens is 232 g/mol. The topological polar surface area (TPSA) is 75.3 Å². The molecule has 5 heteroatoms. The van der Waals surface area contributed by atoms with Crippen molar-refractivity contribution in [3.63, 3.8) is 0 Å². The third kappa shape index (κ3) is 2.94. The van der Waals surface area contributed by atoms with Gasteiger partial charge in [-0.05, 0) is 18.9 Å². The summed E-state index contributed by atoms with van der Waals surface area (Å²) in [7, 11) is 0. The molecule has 2 aliphatic rings. The third-order valence-electron chi connectivity index (χ3n) is 2.79. The van der Waals surface area contributed by atoms with Gasteiger partial charge in [0.05, 0.1) is 0 Å². The first kappa shape index (κ1) is 12.3. The Labute approximate surface area is 105 Å². The van der Waals surface area contributed by atoms with Crippen molar-refractivity contribution in [2.75, 3.05) is 0 Å². The molecule has 1 atom stereocenters. The second-order valence-corrected chi connectivity index (χ2v) is 4.17. The van der Waals surface area contributed by atoms with Crippen molar-refractivity contribution in [1.29, 1.82) is 0 Å². The minimum Gasteiger partial charge on any atom is -0.340 e. The van der Waals surface area contributed by atoms with Crippen LogP contribution in [0.15, 0.2) is 36.0 Å². The van der Waals surface area contributed by atoms with E-state index in [-0.39, 0.29) is 18.2 Å². The molecule has 1 saturated heterocycles. The number of nitrogens with one attached hydrogen (secondary N) is 2. The molecule has 0 aromatic carbocycles. The van der Waals surface area contributed by atoms with Gasteiger partial charge < -0.3 is 5.32 Å². The molecule has 2 N–H and O–H groups in total. The quantitative estimate of drug-likeness (QED) is 0.690. The number of rotatable bonds is 2. The van der Waals surface area contributed by atoms with Gasteiger partial charge in [-0.3, -0.25) is 19.7 Å². The molecule has 1 heterocycles. The largest absolute Gasteiger partial charge is 0.340 e. The van der Waals surface area contributed by atoms with Crippen LogP contribution in [0.25, 0.3) is 0 Å². The Kier molecular flexibility index (Phi) is 3.72. The lowest BCUT2D eigenvalue weighted by Crippen LogP contribution is -2.52. The van der Waals surface area contributed by atoms with Crippen LogP contribution in [0.5, 0.6) is 0 Å². The summed E-state index contributed by atoms with van der Waals surface area (Å²) in [6.45, 7) is 0. The van der Waals surface area contributed by atoms with Gasteiger partial charge in [0.15, 0.2) is 0 Å². The van der Waals surface area contributed by atoms with E-state index in [2.05, 4.69) is 10.6 Å². The Morgan fingerprint density at radius 3 is 2.94 bits per heavy atom. The number of piperidine rings is 1. The second-order valence-electron chi connectivity index (χ2n) is 4.17. The van der Waals surface area contributed by atoms with Crippen LogP contribution in [0.4, 0.5) is 0 Å². The minimum atomic E-state index is -0.628. The fraction of sp³-hybridized carbons (Fsp3) is 0.308. The van der Waals surface area contributed by atoms with Gasteiger partial charge in [-0.1, -0.05) is 24.3 Å². The van der Waals surface area contributed by atoms with E-state index in [0.717, 1.165) is 6.42 Å². The van der Waals surface area contributed by atoms with Crippen LogP contribution in [0.1, 0.15) is 19.3 Å². The lowest BCUT2D eigenvalue weighted by Gasteiger charge is -2.21. The summed E-state index contributed by atoms with van der Waals surface area (Å²) in [6, 6.07) is -0.628. The predicted molar refractivity (Wildman–Crippen MR) is 65.3 cm³/mol. The maximum absolute atomic E-state index is 11.9. The van der Waals surface area contributed by atoms with Gasteiger partial charge >= 0.3 is 0 Å². The van der Waals surface area contributed by atoms with Gasteiger partial charge in [0.2, 0.25) is 11.8 Å². The Bertz CT molecular complexity index is 475. The van der Waals surface area contributed by atoms with E-state index in [9.17, 15) is 14.4 Å². The lowest BCUT2D eigenvalue weighted by atomic mass is 10.1. The molecule has 1 fully saturated rings. The molecule has 18 heavy (non-hydrogen) atoms. The first-order valence-electron chi connectivity index (χ1n) is 5.85. The normalized spacial score (nSPS) is 23.1. The lowest BCUT2D eigenvalue weighted by molar-refractivity contribution is -0.136. The maximum Gasteiger partial charge on any atom is 0.251 e. The number of amides is 3. The minimum absolute atomic E-state index is 0.255. The number of imide groups is 1. The molecule has 0 radical (unpaired) electrons. The van der Waals surface area contributed by atoms with Crippen molar-refractivity contribution in [3.05, 3.63) is 36.0 Å². The van der Waals surface area contributed by atoms with Crippen molar-refractivity contribution < 1.29 is 14.4 Å².